The number of rotatable bonds is 5. The molecule has 0 aromatic heterocycles. The first-order chi connectivity index (χ1) is 13.7. The summed E-state index contributed by atoms with van der Waals surface area (Å²) in [6.07, 6.45) is -5.30. The monoisotopic (exact) mass is 404 g/mol. The second-order valence-corrected chi connectivity index (χ2v) is 6.54. The number of phenolic OH excluding ortho intramolecular Hbond substituents is 2. The Morgan fingerprint density at radius 1 is 0.862 bits per heavy atom. The van der Waals surface area contributed by atoms with Gasteiger partial charge in [0.15, 0.2) is 6.10 Å². The van der Waals surface area contributed by atoms with E-state index in [9.17, 15) is 30.3 Å². The summed E-state index contributed by atoms with van der Waals surface area (Å²) in [5.74, 6) is -1.50. The second-order valence-electron chi connectivity index (χ2n) is 6.54. The van der Waals surface area contributed by atoms with Crippen LogP contribution >= 0.6 is 0 Å². The Bertz CT molecular complexity index is 893. The Morgan fingerprint density at radius 2 is 1.52 bits per heavy atom. The number of aliphatic hydroxyl groups excluding tert-OH is 3. The van der Waals surface area contributed by atoms with Crippen molar-refractivity contribution in [1.82, 2.24) is 0 Å². The summed E-state index contributed by atoms with van der Waals surface area (Å²) in [6, 6.07) is 10.6. The smallest absolute Gasteiger partial charge is 0.335 e. The topological polar surface area (TPSA) is 157 Å². The number of phenols is 2. The maximum Gasteiger partial charge on any atom is 0.335 e. The van der Waals surface area contributed by atoms with Gasteiger partial charge in [-0.1, -0.05) is 24.3 Å². The molecule has 0 amide bonds. The van der Waals surface area contributed by atoms with E-state index >= 15 is 0 Å². The normalized spacial score (nSPS) is 27.1. The van der Waals surface area contributed by atoms with Crippen LogP contribution in [0.25, 0.3) is 12.2 Å². The van der Waals surface area contributed by atoms with Crippen LogP contribution in [-0.4, -0.2) is 67.3 Å². The van der Waals surface area contributed by atoms with Gasteiger partial charge in [-0.05, 0) is 35.4 Å². The van der Waals surface area contributed by atoms with Crippen molar-refractivity contribution in [2.24, 2.45) is 0 Å². The Hall–Kier alpha value is -3.11. The molecule has 0 saturated carbocycles. The molecule has 1 fully saturated rings. The van der Waals surface area contributed by atoms with Crippen LogP contribution in [-0.2, 0) is 9.53 Å². The fourth-order valence-corrected chi connectivity index (χ4v) is 2.83. The van der Waals surface area contributed by atoms with Gasteiger partial charge in [-0.25, -0.2) is 4.79 Å². The first kappa shape index (κ1) is 20.6. The maximum atomic E-state index is 11.2. The largest absolute Gasteiger partial charge is 0.508 e. The molecule has 29 heavy (non-hydrogen) atoms. The zero-order chi connectivity index (χ0) is 21.1. The number of carbonyl (C=O) groups is 1. The molecule has 0 radical (unpaired) electrons. The van der Waals surface area contributed by atoms with Gasteiger partial charge in [0.2, 0.25) is 6.29 Å². The van der Waals surface area contributed by atoms with Gasteiger partial charge in [0.25, 0.3) is 0 Å². The number of carboxylic acids is 1. The van der Waals surface area contributed by atoms with Crippen LogP contribution in [0.4, 0.5) is 0 Å². The van der Waals surface area contributed by atoms with Crippen molar-refractivity contribution in [2.75, 3.05) is 0 Å². The zero-order valence-electron chi connectivity index (χ0n) is 15.0. The first-order valence-electron chi connectivity index (χ1n) is 8.65. The number of aliphatic carboxylic acids is 1. The SMILES string of the molecule is O=C(O)[C@@H]1O[C@@H](Oc2cc(O)cc(/C=C/c3ccc(O)cc3)c2)[C@H](O)[C@H](O)[C@@H]1O. The highest BCUT2D eigenvalue weighted by molar-refractivity contribution is 5.73. The van der Waals surface area contributed by atoms with E-state index in [4.69, 9.17) is 14.6 Å². The lowest BCUT2D eigenvalue weighted by Gasteiger charge is -2.38. The van der Waals surface area contributed by atoms with E-state index in [0.717, 1.165) is 5.56 Å². The van der Waals surface area contributed by atoms with Crippen LogP contribution < -0.4 is 4.74 Å². The van der Waals surface area contributed by atoms with Crippen molar-refractivity contribution in [3.05, 3.63) is 53.6 Å². The molecule has 2 aromatic rings. The van der Waals surface area contributed by atoms with Crippen molar-refractivity contribution in [1.29, 1.82) is 0 Å². The highest BCUT2D eigenvalue weighted by atomic mass is 16.7. The van der Waals surface area contributed by atoms with E-state index in [2.05, 4.69) is 0 Å². The van der Waals surface area contributed by atoms with Crippen molar-refractivity contribution in [2.45, 2.75) is 30.7 Å². The van der Waals surface area contributed by atoms with Gasteiger partial charge in [-0.15, -0.1) is 0 Å². The van der Waals surface area contributed by atoms with Gasteiger partial charge in [0, 0.05) is 6.07 Å². The molecule has 2 aromatic carbocycles. The van der Waals surface area contributed by atoms with Crippen molar-refractivity contribution >= 4 is 18.1 Å². The number of benzene rings is 2. The number of aliphatic hydroxyl groups is 3. The van der Waals surface area contributed by atoms with Crippen LogP contribution in [0.5, 0.6) is 17.2 Å². The van der Waals surface area contributed by atoms with Crippen LogP contribution in [0.15, 0.2) is 42.5 Å². The minimum absolute atomic E-state index is 0.0483. The zero-order valence-corrected chi connectivity index (χ0v) is 15.0. The van der Waals surface area contributed by atoms with E-state index in [1.165, 1.54) is 30.3 Å². The van der Waals surface area contributed by atoms with Crippen LogP contribution in [0.2, 0.25) is 0 Å². The molecule has 154 valence electrons. The number of aromatic hydroxyl groups is 2. The molecule has 0 spiro atoms. The van der Waals surface area contributed by atoms with E-state index in [-0.39, 0.29) is 17.2 Å². The summed E-state index contributed by atoms with van der Waals surface area (Å²) in [4.78, 5) is 11.2. The maximum absolute atomic E-state index is 11.2. The van der Waals surface area contributed by atoms with Crippen molar-refractivity contribution < 1.29 is 44.9 Å². The molecule has 1 heterocycles. The standard InChI is InChI=1S/C20H20O9/c21-12-5-3-10(4-6-12)1-2-11-7-13(22)9-14(8-11)28-20-17(25)15(23)16(24)18(29-20)19(26)27/h1-9,15-18,20-25H,(H,26,27)/b2-1+/t15-,16+,17-,18-,20-/m1/s1. The van der Waals surface area contributed by atoms with Gasteiger partial charge in [-0.2, -0.15) is 0 Å². The third-order valence-corrected chi connectivity index (χ3v) is 4.34. The fraction of sp³-hybridized carbons (Fsp3) is 0.250. The molecule has 1 aliphatic heterocycles. The summed E-state index contributed by atoms with van der Waals surface area (Å²) >= 11 is 0. The highest BCUT2D eigenvalue weighted by Gasteiger charge is 2.48. The average Bonchev–Trinajstić information content (AvgIpc) is 2.67. The Balaban J connectivity index is 1.78. The molecule has 1 aliphatic rings. The van der Waals surface area contributed by atoms with Crippen LogP contribution in [0, 0.1) is 0 Å². The lowest BCUT2D eigenvalue weighted by Crippen LogP contribution is -2.61. The lowest BCUT2D eigenvalue weighted by atomic mass is 9.99. The molecule has 0 bridgehead atoms. The third-order valence-electron chi connectivity index (χ3n) is 4.34. The van der Waals surface area contributed by atoms with E-state index in [0.29, 0.717) is 5.56 Å². The Kier molecular flexibility index (Phi) is 6.04. The lowest BCUT2D eigenvalue weighted by molar-refractivity contribution is -0.271. The number of hydrogen-bond donors (Lipinski definition) is 6. The highest BCUT2D eigenvalue weighted by Crippen LogP contribution is 2.28. The van der Waals surface area contributed by atoms with Gasteiger partial charge >= 0.3 is 5.97 Å². The number of hydrogen-bond acceptors (Lipinski definition) is 8. The molecule has 9 nitrogen and oxygen atoms in total. The van der Waals surface area contributed by atoms with Gasteiger partial charge in [0.1, 0.15) is 35.6 Å². The molecule has 9 heteroatoms. The van der Waals surface area contributed by atoms with Gasteiger partial charge in [0.05, 0.1) is 0 Å². The summed E-state index contributed by atoms with van der Waals surface area (Å²) in [5.41, 5.74) is 1.31. The molecule has 1 saturated heterocycles. The fourth-order valence-electron chi connectivity index (χ4n) is 2.83. The second kappa shape index (κ2) is 8.50. The molecule has 5 atom stereocenters. The molecule has 3 rings (SSSR count). The molecular weight excluding hydrogens is 384 g/mol. The predicted molar refractivity (Wildman–Crippen MR) is 100 cm³/mol. The third kappa shape index (κ3) is 4.84. The molecule has 6 N–H and O–H groups in total. The predicted octanol–water partition coefficient (Wildman–Crippen LogP) is 0.539. The van der Waals surface area contributed by atoms with Crippen molar-refractivity contribution in [3.63, 3.8) is 0 Å². The minimum Gasteiger partial charge on any atom is -0.508 e. The Morgan fingerprint density at radius 3 is 2.17 bits per heavy atom. The van der Waals surface area contributed by atoms with Crippen LogP contribution in [0.1, 0.15) is 11.1 Å². The van der Waals surface area contributed by atoms with Gasteiger partial charge < -0.3 is 40.1 Å². The summed E-state index contributed by atoms with van der Waals surface area (Å²) < 4.78 is 10.5. The van der Waals surface area contributed by atoms with Crippen LogP contribution in [0.3, 0.4) is 0 Å². The average molecular weight is 404 g/mol. The van der Waals surface area contributed by atoms with Crippen molar-refractivity contribution in [3.8, 4) is 17.2 Å². The quantitative estimate of drug-likeness (QED) is 0.391. The molecular formula is C20H20O9. The first-order valence-corrected chi connectivity index (χ1v) is 8.65. The molecule has 0 unspecified atom stereocenters. The summed E-state index contributed by atoms with van der Waals surface area (Å²) in [7, 11) is 0. The van der Waals surface area contributed by atoms with E-state index < -0.39 is 36.7 Å². The number of carboxylic acid groups (broad SMARTS) is 1. The number of ether oxygens (including phenoxy) is 2. The van der Waals surface area contributed by atoms with Gasteiger partial charge in [-0.3, -0.25) is 0 Å². The Labute approximate surface area is 165 Å². The van der Waals surface area contributed by atoms with E-state index in [1.54, 1.807) is 24.3 Å². The minimum atomic E-state index is -1.82. The summed E-state index contributed by atoms with van der Waals surface area (Å²) in [6.45, 7) is 0. The summed E-state index contributed by atoms with van der Waals surface area (Å²) in [5, 5.41) is 57.9. The molecule has 0 aliphatic carbocycles. The van der Waals surface area contributed by atoms with E-state index in [1.807, 2.05) is 0 Å².